The maximum absolute atomic E-state index is 12.5. The van der Waals surface area contributed by atoms with E-state index in [1.807, 2.05) is 13.0 Å². The fraction of sp³-hybridized carbons (Fsp3) is 0.471. The summed E-state index contributed by atoms with van der Waals surface area (Å²) in [5.74, 6) is -0.226. The predicted octanol–water partition coefficient (Wildman–Crippen LogP) is 2.63. The van der Waals surface area contributed by atoms with Crippen LogP contribution in [0.3, 0.4) is 0 Å². The molecule has 0 saturated carbocycles. The molecule has 0 radical (unpaired) electrons. The second kappa shape index (κ2) is 7.20. The summed E-state index contributed by atoms with van der Waals surface area (Å²) < 4.78 is 1.22. The summed E-state index contributed by atoms with van der Waals surface area (Å²) in [6, 6.07) is 7.18. The minimum atomic E-state index is -0.226. The Morgan fingerprint density at radius 2 is 1.95 bits per heavy atom. The molecule has 0 saturated heterocycles. The summed E-state index contributed by atoms with van der Waals surface area (Å²) in [6.07, 6.45) is 4.37. The Morgan fingerprint density at radius 3 is 2.64 bits per heavy atom. The minimum Gasteiger partial charge on any atom is -0.348 e. The van der Waals surface area contributed by atoms with Crippen LogP contribution >= 0.6 is 0 Å². The van der Waals surface area contributed by atoms with Gasteiger partial charge in [-0.3, -0.25) is 9.59 Å². The van der Waals surface area contributed by atoms with Gasteiger partial charge in [0.15, 0.2) is 5.69 Å². The zero-order chi connectivity index (χ0) is 16.1. The molecular weight excluding hydrogens is 278 g/mol. The first-order valence-electron chi connectivity index (χ1n) is 7.81. The van der Waals surface area contributed by atoms with Gasteiger partial charge in [0.05, 0.1) is 5.39 Å². The molecular formula is C17H23N3O2. The molecule has 2 rings (SSSR count). The molecule has 2 aromatic rings. The van der Waals surface area contributed by atoms with Crippen LogP contribution in [0.2, 0.25) is 0 Å². The first-order valence-corrected chi connectivity index (χ1v) is 7.81. The Labute approximate surface area is 130 Å². The van der Waals surface area contributed by atoms with Crippen molar-refractivity contribution in [1.82, 2.24) is 15.1 Å². The second-order valence-corrected chi connectivity index (χ2v) is 5.69. The van der Waals surface area contributed by atoms with Crippen molar-refractivity contribution in [3.05, 3.63) is 40.3 Å². The van der Waals surface area contributed by atoms with Gasteiger partial charge in [0.25, 0.3) is 11.5 Å². The monoisotopic (exact) mass is 301 g/mol. The highest BCUT2D eigenvalue weighted by Gasteiger charge is 2.17. The van der Waals surface area contributed by atoms with E-state index < -0.39 is 0 Å². The molecule has 1 aromatic heterocycles. The molecule has 1 N–H and O–H groups in total. The Kier molecular flexibility index (Phi) is 5.31. The van der Waals surface area contributed by atoms with Crippen molar-refractivity contribution in [3.63, 3.8) is 0 Å². The lowest BCUT2D eigenvalue weighted by atomic mass is 10.1. The number of rotatable bonds is 6. The third-order valence-electron chi connectivity index (χ3n) is 3.79. The standard InChI is InChI=1S/C17H23N3O2/c1-4-5-6-9-12(2)18-16(21)15-13-10-7-8-11-14(13)17(22)20(3)19-15/h7-8,10-12H,4-6,9H2,1-3H3,(H,18,21). The van der Waals surface area contributed by atoms with Gasteiger partial charge in [0.1, 0.15) is 0 Å². The van der Waals surface area contributed by atoms with Gasteiger partial charge < -0.3 is 5.32 Å². The number of aryl methyl sites for hydroxylation is 1. The van der Waals surface area contributed by atoms with Gasteiger partial charge in [0, 0.05) is 18.5 Å². The van der Waals surface area contributed by atoms with E-state index in [4.69, 9.17) is 0 Å². The largest absolute Gasteiger partial charge is 0.348 e. The van der Waals surface area contributed by atoms with Gasteiger partial charge in [-0.2, -0.15) is 5.10 Å². The summed E-state index contributed by atoms with van der Waals surface area (Å²) in [5, 5.41) is 8.24. The SMILES string of the molecule is CCCCCC(C)NC(=O)c1nn(C)c(=O)c2ccccc12. The predicted molar refractivity (Wildman–Crippen MR) is 88.1 cm³/mol. The number of carbonyl (C=O) groups is 1. The highest BCUT2D eigenvalue weighted by atomic mass is 16.2. The average Bonchev–Trinajstić information content (AvgIpc) is 2.51. The third-order valence-corrected chi connectivity index (χ3v) is 3.79. The Hall–Kier alpha value is -2.17. The fourth-order valence-corrected chi connectivity index (χ4v) is 2.53. The van der Waals surface area contributed by atoms with E-state index in [1.54, 1.807) is 25.2 Å². The number of nitrogens with one attached hydrogen (secondary N) is 1. The van der Waals surface area contributed by atoms with Gasteiger partial charge in [0.2, 0.25) is 0 Å². The second-order valence-electron chi connectivity index (χ2n) is 5.69. The van der Waals surface area contributed by atoms with Crippen LogP contribution in [-0.4, -0.2) is 21.7 Å². The summed E-state index contributed by atoms with van der Waals surface area (Å²) >= 11 is 0. The summed E-state index contributed by atoms with van der Waals surface area (Å²) in [4.78, 5) is 24.5. The van der Waals surface area contributed by atoms with E-state index in [2.05, 4.69) is 17.3 Å². The molecule has 5 heteroatoms. The van der Waals surface area contributed by atoms with E-state index in [0.717, 1.165) is 19.3 Å². The van der Waals surface area contributed by atoms with Gasteiger partial charge in [-0.1, -0.05) is 44.4 Å². The van der Waals surface area contributed by atoms with Crippen LogP contribution in [0.15, 0.2) is 29.1 Å². The van der Waals surface area contributed by atoms with Gasteiger partial charge >= 0.3 is 0 Å². The number of hydrogen-bond acceptors (Lipinski definition) is 3. The average molecular weight is 301 g/mol. The summed E-state index contributed by atoms with van der Waals surface area (Å²) in [6.45, 7) is 4.15. The Morgan fingerprint density at radius 1 is 1.27 bits per heavy atom. The molecule has 0 fully saturated rings. The zero-order valence-electron chi connectivity index (χ0n) is 13.4. The highest BCUT2D eigenvalue weighted by Crippen LogP contribution is 2.13. The number of nitrogens with zero attached hydrogens (tertiary/aromatic N) is 2. The number of aromatic nitrogens is 2. The van der Waals surface area contributed by atoms with Crippen LogP contribution < -0.4 is 10.9 Å². The molecule has 0 aliphatic heterocycles. The molecule has 1 aromatic carbocycles. The van der Waals surface area contributed by atoms with Crippen LogP contribution in [-0.2, 0) is 7.05 Å². The minimum absolute atomic E-state index is 0.0943. The fourth-order valence-electron chi connectivity index (χ4n) is 2.53. The van der Waals surface area contributed by atoms with Crippen molar-refractivity contribution in [2.45, 2.75) is 45.6 Å². The first kappa shape index (κ1) is 16.2. The highest BCUT2D eigenvalue weighted by molar-refractivity contribution is 6.04. The molecule has 0 bridgehead atoms. The lowest BCUT2D eigenvalue weighted by Crippen LogP contribution is -2.35. The van der Waals surface area contributed by atoms with E-state index in [1.165, 1.54) is 11.1 Å². The van der Waals surface area contributed by atoms with Crippen molar-refractivity contribution in [2.24, 2.45) is 7.05 Å². The Bertz CT molecular complexity index is 721. The van der Waals surface area contributed by atoms with Crippen LogP contribution in [0.4, 0.5) is 0 Å². The lowest BCUT2D eigenvalue weighted by Gasteiger charge is -2.14. The van der Waals surface area contributed by atoms with Crippen molar-refractivity contribution in [1.29, 1.82) is 0 Å². The molecule has 1 amide bonds. The van der Waals surface area contributed by atoms with Crippen LogP contribution in [0.5, 0.6) is 0 Å². The normalized spacial score (nSPS) is 12.3. The Balaban J connectivity index is 2.25. The smallest absolute Gasteiger partial charge is 0.274 e. The molecule has 22 heavy (non-hydrogen) atoms. The first-order chi connectivity index (χ1) is 10.5. The number of benzene rings is 1. The zero-order valence-corrected chi connectivity index (χ0v) is 13.4. The van der Waals surface area contributed by atoms with E-state index in [-0.39, 0.29) is 17.5 Å². The number of fused-ring (bicyclic) bond motifs is 1. The number of hydrogen-bond donors (Lipinski definition) is 1. The number of unbranched alkanes of at least 4 members (excludes halogenated alkanes) is 2. The van der Waals surface area contributed by atoms with Crippen molar-refractivity contribution in [2.75, 3.05) is 0 Å². The van der Waals surface area contributed by atoms with Crippen LogP contribution in [0.25, 0.3) is 10.8 Å². The molecule has 0 aliphatic rings. The maximum atomic E-state index is 12.5. The molecule has 0 aliphatic carbocycles. The maximum Gasteiger partial charge on any atom is 0.274 e. The van der Waals surface area contributed by atoms with Crippen LogP contribution in [0.1, 0.15) is 50.0 Å². The molecule has 0 spiro atoms. The molecule has 1 atom stereocenters. The van der Waals surface area contributed by atoms with E-state index in [0.29, 0.717) is 16.5 Å². The van der Waals surface area contributed by atoms with E-state index in [9.17, 15) is 9.59 Å². The molecule has 5 nitrogen and oxygen atoms in total. The van der Waals surface area contributed by atoms with Gasteiger partial charge in [-0.15, -0.1) is 0 Å². The van der Waals surface area contributed by atoms with Crippen molar-refractivity contribution in [3.8, 4) is 0 Å². The number of carbonyl (C=O) groups excluding carboxylic acids is 1. The van der Waals surface area contributed by atoms with Gasteiger partial charge in [-0.05, 0) is 19.4 Å². The number of amides is 1. The third kappa shape index (κ3) is 3.53. The lowest BCUT2D eigenvalue weighted by molar-refractivity contribution is 0.0932. The summed E-state index contributed by atoms with van der Waals surface area (Å²) in [7, 11) is 1.57. The molecule has 118 valence electrons. The topological polar surface area (TPSA) is 64.0 Å². The molecule has 1 unspecified atom stereocenters. The van der Waals surface area contributed by atoms with Crippen LogP contribution in [0, 0.1) is 0 Å². The van der Waals surface area contributed by atoms with Gasteiger partial charge in [-0.25, -0.2) is 4.68 Å². The summed E-state index contributed by atoms with van der Waals surface area (Å²) in [5.41, 5.74) is 0.114. The van der Waals surface area contributed by atoms with E-state index >= 15 is 0 Å². The van der Waals surface area contributed by atoms with Crippen molar-refractivity contribution >= 4 is 16.7 Å². The van der Waals surface area contributed by atoms with Crippen molar-refractivity contribution < 1.29 is 4.79 Å². The quantitative estimate of drug-likeness (QED) is 0.834. The molecule has 1 heterocycles.